The Morgan fingerprint density at radius 2 is 2.00 bits per heavy atom. The first-order chi connectivity index (χ1) is 5.93. The van der Waals surface area contributed by atoms with Crippen molar-refractivity contribution in [2.75, 3.05) is 13.6 Å². The molecule has 0 saturated heterocycles. The van der Waals surface area contributed by atoms with E-state index in [-0.39, 0.29) is 17.2 Å². The maximum atomic E-state index is 11.5. The highest BCUT2D eigenvalue weighted by Crippen LogP contribution is 2.29. The molecular weight excluding hydrogens is 164 g/mol. The van der Waals surface area contributed by atoms with E-state index < -0.39 is 0 Å². The molecule has 1 amide bonds. The molecule has 0 aromatic heterocycles. The number of nitrogens with two attached hydrogens (primary N) is 1. The molecule has 1 atom stereocenters. The highest BCUT2D eigenvalue weighted by atomic mass is 16.1. The van der Waals surface area contributed by atoms with Crippen LogP contribution in [-0.4, -0.2) is 19.5 Å². The van der Waals surface area contributed by atoms with Gasteiger partial charge in [0.2, 0.25) is 5.91 Å². The van der Waals surface area contributed by atoms with Crippen molar-refractivity contribution in [1.29, 1.82) is 0 Å². The SMILES string of the molecule is CNC(=O)[C@H](CCCN)C(C)(C)C. The molecule has 0 aromatic rings. The quantitative estimate of drug-likeness (QED) is 0.691. The minimum atomic E-state index is 0.0231. The average molecular weight is 186 g/mol. The smallest absolute Gasteiger partial charge is 0.223 e. The molecule has 0 bridgehead atoms. The van der Waals surface area contributed by atoms with E-state index in [0.29, 0.717) is 6.54 Å². The fourth-order valence-electron chi connectivity index (χ4n) is 1.45. The Morgan fingerprint density at radius 3 is 2.31 bits per heavy atom. The van der Waals surface area contributed by atoms with Gasteiger partial charge in [0.15, 0.2) is 0 Å². The van der Waals surface area contributed by atoms with Gasteiger partial charge in [-0.15, -0.1) is 0 Å². The summed E-state index contributed by atoms with van der Waals surface area (Å²) in [6.45, 7) is 6.92. The Labute approximate surface area is 81.1 Å². The van der Waals surface area contributed by atoms with E-state index in [1.165, 1.54) is 0 Å². The zero-order chi connectivity index (χ0) is 10.5. The molecule has 0 rings (SSSR count). The van der Waals surface area contributed by atoms with Crippen molar-refractivity contribution >= 4 is 5.91 Å². The van der Waals surface area contributed by atoms with Gasteiger partial charge in [-0.2, -0.15) is 0 Å². The van der Waals surface area contributed by atoms with Crippen LogP contribution in [0.25, 0.3) is 0 Å². The maximum absolute atomic E-state index is 11.5. The van der Waals surface area contributed by atoms with Gasteiger partial charge >= 0.3 is 0 Å². The second-order valence-corrected chi connectivity index (χ2v) is 4.46. The highest BCUT2D eigenvalue weighted by molar-refractivity contribution is 5.79. The third-order valence-corrected chi connectivity index (χ3v) is 2.31. The van der Waals surface area contributed by atoms with Crippen molar-refractivity contribution in [3.8, 4) is 0 Å². The van der Waals surface area contributed by atoms with Crippen LogP contribution >= 0.6 is 0 Å². The molecule has 0 unspecified atom stereocenters. The Balaban J connectivity index is 4.28. The van der Waals surface area contributed by atoms with E-state index in [1.807, 2.05) is 0 Å². The summed E-state index contributed by atoms with van der Waals surface area (Å²) in [6, 6.07) is 0. The van der Waals surface area contributed by atoms with Crippen LogP contribution < -0.4 is 11.1 Å². The zero-order valence-electron chi connectivity index (χ0n) is 9.18. The largest absolute Gasteiger partial charge is 0.359 e. The molecule has 13 heavy (non-hydrogen) atoms. The van der Waals surface area contributed by atoms with E-state index in [2.05, 4.69) is 26.1 Å². The summed E-state index contributed by atoms with van der Waals surface area (Å²) in [5.74, 6) is 0.196. The average Bonchev–Trinajstić information content (AvgIpc) is 2.02. The van der Waals surface area contributed by atoms with Gasteiger partial charge in [-0.05, 0) is 24.8 Å². The van der Waals surface area contributed by atoms with Gasteiger partial charge in [0.05, 0.1) is 0 Å². The van der Waals surface area contributed by atoms with E-state index in [1.54, 1.807) is 7.05 Å². The van der Waals surface area contributed by atoms with Gasteiger partial charge in [0.25, 0.3) is 0 Å². The van der Waals surface area contributed by atoms with Crippen LogP contribution in [-0.2, 0) is 4.79 Å². The number of carbonyl (C=O) groups is 1. The number of hydrogen-bond acceptors (Lipinski definition) is 2. The first kappa shape index (κ1) is 12.4. The molecule has 78 valence electrons. The lowest BCUT2D eigenvalue weighted by atomic mass is 9.77. The lowest BCUT2D eigenvalue weighted by molar-refractivity contribution is -0.128. The molecule has 0 aromatic carbocycles. The van der Waals surface area contributed by atoms with Gasteiger partial charge < -0.3 is 11.1 Å². The summed E-state index contributed by atoms with van der Waals surface area (Å²) >= 11 is 0. The lowest BCUT2D eigenvalue weighted by Gasteiger charge is -2.29. The fraction of sp³-hybridized carbons (Fsp3) is 0.900. The van der Waals surface area contributed by atoms with Crippen molar-refractivity contribution < 1.29 is 4.79 Å². The van der Waals surface area contributed by atoms with Gasteiger partial charge in [0, 0.05) is 13.0 Å². The van der Waals surface area contributed by atoms with E-state index in [0.717, 1.165) is 12.8 Å². The number of nitrogens with one attached hydrogen (secondary N) is 1. The van der Waals surface area contributed by atoms with Crippen LogP contribution in [0, 0.1) is 11.3 Å². The molecule has 0 aliphatic heterocycles. The van der Waals surface area contributed by atoms with Crippen LogP contribution in [0.3, 0.4) is 0 Å². The fourth-order valence-corrected chi connectivity index (χ4v) is 1.45. The van der Waals surface area contributed by atoms with Crippen LogP contribution in [0.2, 0.25) is 0 Å². The number of carbonyl (C=O) groups excluding carboxylic acids is 1. The van der Waals surface area contributed by atoms with E-state index >= 15 is 0 Å². The highest BCUT2D eigenvalue weighted by Gasteiger charge is 2.29. The van der Waals surface area contributed by atoms with Crippen molar-refractivity contribution in [3.05, 3.63) is 0 Å². The summed E-state index contributed by atoms with van der Waals surface area (Å²) in [4.78, 5) is 11.5. The Bertz CT molecular complexity index is 161. The topological polar surface area (TPSA) is 55.1 Å². The molecule has 3 N–H and O–H groups in total. The molecular formula is C10H22N2O. The standard InChI is InChI=1S/C10H22N2O/c1-10(2,3)8(6-5-7-11)9(13)12-4/h8H,5-7,11H2,1-4H3,(H,12,13)/t8-/m0/s1. The predicted octanol–water partition coefficient (Wildman–Crippen LogP) is 1.13. The number of amides is 1. The van der Waals surface area contributed by atoms with Crippen LogP contribution in [0.4, 0.5) is 0 Å². The summed E-state index contributed by atoms with van der Waals surface area (Å²) in [7, 11) is 1.68. The summed E-state index contributed by atoms with van der Waals surface area (Å²) in [6.07, 6.45) is 1.79. The molecule has 3 heteroatoms. The Kier molecular flexibility index (Phi) is 4.99. The Hall–Kier alpha value is -0.570. The minimum absolute atomic E-state index is 0.0231. The van der Waals surface area contributed by atoms with Gasteiger partial charge in [-0.1, -0.05) is 20.8 Å². The second-order valence-electron chi connectivity index (χ2n) is 4.46. The van der Waals surface area contributed by atoms with Gasteiger partial charge in [-0.3, -0.25) is 4.79 Å². The maximum Gasteiger partial charge on any atom is 0.223 e. The van der Waals surface area contributed by atoms with Crippen molar-refractivity contribution in [3.63, 3.8) is 0 Å². The number of rotatable bonds is 4. The van der Waals surface area contributed by atoms with Crippen LogP contribution in [0.5, 0.6) is 0 Å². The zero-order valence-corrected chi connectivity index (χ0v) is 9.18. The molecule has 0 saturated carbocycles. The minimum Gasteiger partial charge on any atom is -0.359 e. The molecule has 0 aliphatic rings. The van der Waals surface area contributed by atoms with Gasteiger partial charge in [0.1, 0.15) is 0 Å². The predicted molar refractivity (Wildman–Crippen MR) is 55.3 cm³/mol. The van der Waals surface area contributed by atoms with Crippen molar-refractivity contribution in [1.82, 2.24) is 5.32 Å². The molecule has 0 radical (unpaired) electrons. The van der Waals surface area contributed by atoms with E-state index in [9.17, 15) is 4.79 Å². The lowest BCUT2D eigenvalue weighted by Crippen LogP contribution is -2.36. The first-order valence-corrected chi connectivity index (χ1v) is 4.85. The normalized spacial score (nSPS) is 13.9. The third-order valence-electron chi connectivity index (χ3n) is 2.31. The molecule has 0 aliphatic carbocycles. The second kappa shape index (κ2) is 5.22. The third kappa shape index (κ3) is 4.27. The van der Waals surface area contributed by atoms with Crippen LogP contribution in [0.15, 0.2) is 0 Å². The molecule has 0 fully saturated rings. The molecule has 0 spiro atoms. The van der Waals surface area contributed by atoms with Crippen molar-refractivity contribution in [2.24, 2.45) is 17.1 Å². The summed E-state index contributed by atoms with van der Waals surface area (Å²) < 4.78 is 0. The monoisotopic (exact) mass is 186 g/mol. The van der Waals surface area contributed by atoms with E-state index in [4.69, 9.17) is 5.73 Å². The van der Waals surface area contributed by atoms with Crippen LogP contribution in [0.1, 0.15) is 33.6 Å². The first-order valence-electron chi connectivity index (χ1n) is 4.85. The summed E-state index contributed by atoms with van der Waals surface area (Å²) in [5.41, 5.74) is 5.45. The molecule has 3 nitrogen and oxygen atoms in total. The summed E-state index contributed by atoms with van der Waals surface area (Å²) in [5, 5.41) is 2.70. The van der Waals surface area contributed by atoms with Crippen molar-refractivity contribution in [2.45, 2.75) is 33.6 Å². The Morgan fingerprint density at radius 1 is 1.46 bits per heavy atom. The van der Waals surface area contributed by atoms with Gasteiger partial charge in [-0.25, -0.2) is 0 Å². The number of hydrogen-bond donors (Lipinski definition) is 2. The molecule has 0 heterocycles.